The average Bonchev–Trinajstić information content (AvgIpc) is 3.18. The summed E-state index contributed by atoms with van der Waals surface area (Å²) in [4.78, 5) is 4.01. The average molecular weight is 455 g/mol. The zero-order chi connectivity index (χ0) is 23.4. The lowest BCUT2D eigenvalue weighted by molar-refractivity contribution is -0.208. The van der Waals surface area contributed by atoms with Crippen molar-refractivity contribution in [3.8, 4) is 11.3 Å². The van der Waals surface area contributed by atoms with Crippen molar-refractivity contribution in [3.63, 3.8) is 0 Å². The van der Waals surface area contributed by atoms with E-state index in [0.717, 1.165) is 25.0 Å². The van der Waals surface area contributed by atoms with Crippen LogP contribution in [0.3, 0.4) is 0 Å². The summed E-state index contributed by atoms with van der Waals surface area (Å²) in [5.41, 5.74) is 5.25. The van der Waals surface area contributed by atoms with Crippen molar-refractivity contribution in [2.24, 2.45) is 10.7 Å². The Bertz CT molecular complexity index is 942. The molecule has 0 amide bonds. The van der Waals surface area contributed by atoms with Crippen LogP contribution >= 0.6 is 0 Å². The molecule has 9 heteroatoms. The summed E-state index contributed by atoms with van der Waals surface area (Å²) in [7, 11) is 0. The molecule has 2 heterocycles. The highest BCUT2D eigenvalue weighted by Gasteiger charge is 2.50. The zero-order valence-corrected chi connectivity index (χ0v) is 18.3. The van der Waals surface area contributed by atoms with Gasteiger partial charge in [-0.1, -0.05) is 44.2 Å². The molecule has 1 aromatic heterocycles. The van der Waals surface area contributed by atoms with Crippen LogP contribution in [0.15, 0.2) is 33.8 Å². The van der Waals surface area contributed by atoms with Crippen LogP contribution in [0.4, 0.5) is 17.6 Å². The number of hydrogen-bond acceptors (Lipinski definition) is 5. The molecule has 0 bridgehead atoms. The third-order valence-corrected chi connectivity index (χ3v) is 5.74. The minimum atomic E-state index is -4.65. The van der Waals surface area contributed by atoms with Gasteiger partial charge in [0.05, 0.1) is 11.2 Å². The molecule has 1 aliphatic rings. The summed E-state index contributed by atoms with van der Waals surface area (Å²) >= 11 is 0. The van der Waals surface area contributed by atoms with Crippen molar-refractivity contribution in [2.45, 2.75) is 83.0 Å². The van der Waals surface area contributed by atoms with Crippen molar-refractivity contribution in [2.75, 3.05) is 0 Å². The maximum atomic E-state index is 14.7. The highest BCUT2D eigenvalue weighted by atomic mass is 19.4. The number of amidine groups is 1. The van der Waals surface area contributed by atoms with Crippen LogP contribution < -0.4 is 5.73 Å². The molecule has 0 spiro atoms. The van der Waals surface area contributed by atoms with Gasteiger partial charge in [0.1, 0.15) is 5.82 Å². The minimum absolute atomic E-state index is 0.00984. The molecule has 2 unspecified atom stereocenters. The fraction of sp³-hybridized carbons (Fsp3) is 0.565. The summed E-state index contributed by atoms with van der Waals surface area (Å²) < 4.78 is 64.5. The van der Waals surface area contributed by atoms with Crippen LogP contribution in [-0.4, -0.2) is 23.5 Å². The fourth-order valence-electron chi connectivity index (χ4n) is 3.96. The Kier molecular flexibility index (Phi) is 7.46. The molecule has 2 N–H and O–H groups in total. The van der Waals surface area contributed by atoms with E-state index in [0.29, 0.717) is 11.3 Å². The van der Waals surface area contributed by atoms with Gasteiger partial charge in [-0.25, -0.2) is 9.38 Å². The minimum Gasteiger partial charge on any atom is -0.452 e. The zero-order valence-electron chi connectivity index (χ0n) is 18.3. The number of alkyl halides is 3. The quantitative estimate of drug-likeness (QED) is 0.358. The van der Waals surface area contributed by atoms with E-state index in [4.69, 9.17) is 10.3 Å². The van der Waals surface area contributed by atoms with E-state index in [1.54, 1.807) is 6.07 Å². The molecular weight excluding hydrogens is 426 g/mol. The van der Waals surface area contributed by atoms with Crippen LogP contribution in [0.5, 0.6) is 0 Å². The molecule has 0 radical (unpaired) electrons. The second-order valence-corrected chi connectivity index (χ2v) is 8.47. The molecule has 5 nitrogen and oxygen atoms in total. The van der Waals surface area contributed by atoms with E-state index in [2.05, 4.69) is 21.8 Å². The molecule has 2 atom stereocenters. The van der Waals surface area contributed by atoms with E-state index in [1.165, 1.54) is 50.8 Å². The number of halogens is 4. The number of nitrogens with two attached hydrogens (primary N) is 1. The van der Waals surface area contributed by atoms with E-state index < -0.39 is 36.1 Å². The molecule has 176 valence electrons. The van der Waals surface area contributed by atoms with Crippen molar-refractivity contribution in [3.05, 3.63) is 41.3 Å². The highest BCUT2D eigenvalue weighted by molar-refractivity contribution is 5.73. The smallest absolute Gasteiger partial charge is 0.425 e. The van der Waals surface area contributed by atoms with Crippen LogP contribution in [0.2, 0.25) is 0 Å². The maximum Gasteiger partial charge on any atom is 0.425 e. The van der Waals surface area contributed by atoms with Gasteiger partial charge in [-0.05, 0) is 38.0 Å². The van der Waals surface area contributed by atoms with Crippen molar-refractivity contribution < 1.29 is 26.8 Å². The Morgan fingerprint density at radius 1 is 1.12 bits per heavy atom. The maximum absolute atomic E-state index is 14.7. The van der Waals surface area contributed by atoms with Gasteiger partial charge in [0.2, 0.25) is 0 Å². The second kappa shape index (κ2) is 9.92. The number of aryl methyl sites for hydroxylation is 1. The van der Waals surface area contributed by atoms with Crippen LogP contribution in [0, 0.1) is 5.82 Å². The van der Waals surface area contributed by atoms with Gasteiger partial charge >= 0.3 is 6.18 Å². The SMILES string of the molecule is CCCCCCCCc1cc(-c2ccc(F)c(C3(C)CC(C(F)(F)F)OC(N)=N3)c2)on1. The van der Waals surface area contributed by atoms with E-state index in [-0.39, 0.29) is 5.56 Å². The van der Waals surface area contributed by atoms with Gasteiger partial charge in [0, 0.05) is 23.6 Å². The summed E-state index contributed by atoms with van der Waals surface area (Å²) in [5, 5.41) is 4.08. The van der Waals surface area contributed by atoms with Gasteiger partial charge in [0.25, 0.3) is 6.02 Å². The molecule has 0 saturated carbocycles. The monoisotopic (exact) mass is 455 g/mol. The second-order valence-electron chi connectivity index (χ2n) is 8.47. The number of benzene rings is 1. The lowest BCUT2D eigenvalue weighted by Gasteiger charge is -2.36. The number of unbranched alkanes of at least 4 members (excludes halogenated alkanes) is 5. The molecule has 2 aromatic rings. The highest BCUT2D eigenvalue weighted by Crippen LogP contribution is 2.41. The molecule has 1 aromatic carbocycles. The first-order valence-electron chi connectivity index (χ1n) is 11.0. The van der Waals surface area contributed by atoms with Gasteiger partial charge in [-0.2, -0.15) is 13.2 Å². The first-order valence-corrected chi connectivity index (χ1v) is 11.0. The van der Waals surface area contributed by atoms with Gasteiger partial charge in [-0.3, -0.25) is 0 Å². The Morgan fingerprint density at radius 3 is 2.56 bits per heavy atom. The van der Waals surface area contributed by atoms with Gasteiger partial charge in [-0.15, -0.1) is 0 Å². The molecule has 3 rings (SSSR count). The molecular formula is C23H29F4N3O2. The third-order valence-electron chi connectivity index (χ3n) is 5.74. The van der Waals surface area contributed by atoms with Crippen LogP contribution in [-0.2, 0) is 16.7 Å². The van der Waals surface area contributed by atoms with E-state index in [1.807, 2.05) is 0 Å². The molecule has 0 fully saturated rings. The summed E-state index contributed by atoms with van der Waals surface area (Å²) in [6.07, 6.45) is 0.338. The third kappa shape index (κ3) is 5.81. The number of aromatic nitrogens is 1. The standard InChI is InChI=1S/C23H29F4N3O2/c1-3-4-5-6-7-8-9-16-13-19(32-30-16)15-10-11-18(24)17(12-15)22(2)14-20(23(25,26)27)31-21(28)29-22/h10-13,20H,3-9,14H2,1-2H3,(H2,28,29). The van der Waals surface area contributed by atoms with Crippen molar-refractivity contribution >= 4 is 6.02 Å². The van der Waals surface area contributed by atoms with Crippen molar-refractivity contribution in [1.29, 1.82) is 0 Å². The van der Waals surface area contributed by atoms with Crippen LogP contribution in [0.25, 0.3) is 11.3 Å². The lowest BCUT2D eigenvalue weighted by Crippen LogP contribution is -2.46. The van der Waals surface area contributed by atoms with Gasteiger partial charge in [0.15, 0.2) is 11.9 Å². The lowest BCUT2D eigenvalue weighted by atomic mass is 9.84. The van der Waals surface area contributed by atoms with E-state index >= 15 is 0 Å². The van der Waals surface area contributed by atoms with Gasteiger partial charge < -0.3 is 15.0 Å². The number of nitrogens with zero attached hydrogens (tertiary/aromatic N) is 2. The van der Waals surface area contributed by atoms with Crippen molar-refractivity contribution in [1.82, 2.24) is 5.16 Å². The Balaban J connectivity index is 1.76. The molecule has 0 saturated heterocycles. The topological polar surface area (TPSA) is 73.6 Å². The summed E-state index contributed by atoms with van der Waals surface area (Å²) in [6.45, 7) is 3.59. The Hall–Kier alpha value is -2.58. The summed E-state index contributed by atoms with van der Waals surface area (Å²) in [6, 6.07) is 5.30. The predicted molar refractivity (Wildman–Crippen MR) is 113 cm³/mol. The summed E-state index contributed by atoms with van der Waals surface area (Å²) in [5.74, 6) is -0.255. The Labute approximate surface area is 185 Å². The Morgan fingerprint density at radius 2 is 1.84 bits per heavy atom. The number of ether oxygens (including phenoxy) is 1. The molecule has 1 aliphatic heterocycles. The first-order chi connectivity index (χ1) is 15.1. The van der Waals surface area contributed by atoms with E-state index in [9.17, 15) is 17.6 Å². The first kappa shape index (κ1) is 24.1. The van der Waals surface area contributed by atoms with Crippen LogP contribution in [0.1, 0.15) is 70.1 Å². The predicted octanol–water partition coefficient (Wildman–Crippen LogP) is 6.26. The largest absolute Gasteiger partial charge is 0.452 e. The molecule has 32 heavy (non-hydrogen) atoms. The number of rotatable bonds is 9. The normalized spacial score (nSPS) is 21.3. The molecule has 0 aliphatic carbocycles. The number of aliphatic imine (C=N–C) groups is 1. The fourth-order valence-corrected chi connectivity index (χ4v) is 3.96. The number of hydrogen-bond donors (Lipinski definition) is 1.